The molecule has 1 aromatic heterocycles. The lowest BCUT2D eigenvalue weighted by Gasteiger charge is -2.09. The first-order chi connectivity index (χ1) is 6.52. The maximum absolute atomic E-state index is 6.09. The summed E-state index contributed by atoms with van der Waals surface area (Å²) in [6, 6.07) is 0. The van der Waals surface area contributed by atoms with Crippen LogP contribution in [0.15, 0.2) is 6.20 Å². The number of aromatic nitrogens is 1. The van der Waals surface area contributed by atoms with E-state index in [0.29, 0.717) is 0 Å². The van der Waals surface area contributed by atoms with Gasteiger partial charge in [-0.15, -0.1) is 0 Å². The van der Waals surface area contributed by atoms with E-state index in [0.717, 1.165) is 12.8 Å². The molecule has 1 saturated carbocycles. The highest BCUT2D eigenvalue weighted by molar-refractivity contribution is 5.31. The molecule has 0 spiro atoms. The van der Waals surface area contributed by atoms with Gasteiger partial charge in [0.25, 0.3) is 0 Å². The predicted octanol–water partition coefficient (Wildman–Crippen LogP) is 2.07. The lowest BCUT2D eigenvalue weighted by Crippen LogP contribution is -2.22. The molecule has 1 fully saturated rings. The number of aryl methyl sites for hydroxylation is 2. The summed E-state index contributed by atoms with van der Waals surface area (Å²) in [4.78, 5) is 0. The second-order valence-electron chi connectivity index (χ2n) is 4.85. The Balaban J connectivity index is 2.08. The van der Waals surface area contributed by atoms with Gasteiger partial charge in [-0.25, -0.2) is 0 Å². The third kappa shape index (κ3) is 1.71. The summed E-state index contributed by atoms with van der Waals surface area (Å²) in [5.41, 5.74) is 10.6. The standard InChI is InChI=1S/C12H20N2/c1-9-8-14(3)10(2)11(9)4-5-12(13)6-7-12/h8H,4-7,13H2,1-3H3. The fourth-order valence-corrected chi connectivity index (χ4v) is 2.13. The topological polar surface area (TPSA) is 30.9 Å². The summed E-state index contributed by atoms with van der Waals surface area (Å²) in [7, 11) is 2.11. The van der Waals surface area contributed by atoms with Gasteiger partial charge in [0, 0.05) is 24.5 Å². The lowest BCUT2D eigenvalue weighted by molar-refractivity contribution is 0.606. The Morgan fingerprint density at radius 2 is 2.07 bits per heavy atom. The predicted molar refractivity (Wildman–Crippen MR) is 59.4 cm³/mol. The van der Waals surface area contributed by atoms with Crippen molar-refractivity contribution >= 4 is 0 Å². The van der Waals surface area contributed by atoms with Crippen LogP contribution in [0.1, 0.15) is 36.1 Å². The van der Waals surface area contributed by atoms with E-state index < -0.39 is 0 Å². The Labute approximate surface area is 86.1 Å². The van der Waals surface area contributed by atoms with Crippen molar-refractivity contribution in [3.63, 3.8) is 0 Å². The Morgan fingerprint density at radius 3 is 2.50 bits per heavy atom. The SMILES string of the molecule is Cc1cn(C)c(C)c1CCC1(N)CC1. The van der Waals surface area contributed by atoms with Crippen LogP contribution in [0.3, 0.4) is 0 Å². The average Bonchev–Trinajstić information content (AvgIpc) is 2.78. The van der Waals surface area contributed by atoms with Crippen LogP contribution in [0.25, 0.3) is 0 Å². The molecule has 1 aliphatic carbocycles. The molecule has 1 aliphatic rings. The molecule has 14 heavy (non-hydrogen) atoms. The molecule has 0 unspecified atom stereocenters. The number of rotatable bonds is 3. The van der Waals surface area contributed by atoms with E-state index in [1.54, 1.807) is 0 Å². The van der Waals surface area contributed by atoms with Crippen LogP contribution < -0.4 is 5.73 Å². The quantitative estimate of drug-likeness (QED) is 0.781. The molecule has 1 aromatic rings. The molecular formula is C12H20N2. The summed E-state index contributed by atoms with van der Waals surface area (Å²) >= 11 is 0. The molecule has 0 radical (unpaired) electrons. The number of nitrogens with two attached hydrogens (primary N) is 1. The molecule has 0 aromatic carbocycles. The molecule has 0 bridgehead atoms. The van der Waals surface area contributed by atoms with Crippen molar-refractivity contribution < 1.29 is 0 Å². The van der Waals surface area contributed by atoms with Gasteiger partial charge in [-0.3, -0.25) is 0 Å². The lowest BCUT2D eigenvalue weighted by atomic mass is 10.0. The van der Waals surface area contributed by atoms with Gasteiger partial charge >= 0.3 is 0 Å². The van der Waals surface area contributed by atoms with E-state index in [4.69, 9.17) is 5.73 Å². The van der Waals surface area contributed by atoms with Gasteiger partial charge in [0.05, 0.1) is 0 Å². The second-order valence-corrected chi connectivity index (χ2v) is 4.85. The number of hydrogen-bond donors (Lipinski definition) is 1. The maximum atomic E-state index is 6.09. The monoisotopic (exact) mass is 192 g/mol. The van der Waals surface area contributed by atoms with E-state index in [1.165, 1.54) is 29.7 Å². The zero-order valence-corrected chi connectivity index (χ0v) is 9.43. The highest BCUT2D eigenvalue weighted by Gasteiger charge is 2.37. The van der Waals surface area contributed by atoms with Crippen LogP contribution in [-0.2, 0) is 13.5 Å². The van der Waals surface area contributed by atoms with Crippen molar-refractivity contribution in [1.82, 2.24) is 4.57 Å². The zero-order chi connectivity index (χ0) is 10.3. The van der Waals surface area contributed by atoms with Gasteiger partial charge in [-0.2, -0.15) is 0 Å². The normalized spacial score (nSPS) is 18.6. The van der Waals surface area contributed by atoms with Crippen LogP contribution >= 0.6 is 0 Å². The second kappa shape index (κ2) is 3.13. The minimum absolute atomic E-state index is 0.189. The molecule has 2 rings (SSSR count). The van der Waals surface area contributed by atoms with E-state index in [9.17, 15) is 0 Å². The van der Waals surface area contributed by atoms with E-state index >= 15 is 0 Å². The van der Waals surface area contributed by atoms with Crippen molar-refractivity contribution in [2.24, 2.45) is 12.8 Å². The summed E-state index contributed by atoms with van der Waals surface area (Å²) in [5, 5.41) is 0. The highest BCUT2D eigenvalue weighted by atomic mass is 14.9. The summed E-state index contributed by atoms with van der Waals surface area (Å²) in [5.74, 6) is 0. The Hall–Kier alpha value is -0.760. The van der Waals surface area contributed by atoms with Gasteiger partial charge < -0.3 is 10.3 Å². The third-order valence-corrected chi connectivity index (χ3v) is 3.59. The van der Waals surface area contributed by atoms with E-state index in [-0.39, 0.29) is 5.54 Å². The van der Waals surface area contributed by atoms with Crippen molar-refractivity contribution in [3.05, 3.63) is 23.0 Å². The molecule has 2 N–H and O–H groups in total. The van der Waals surface area contributed by atoms with Crippen molar-refractivity contribution in [1.29, 1.82) is 0 Å². The number of nitrogens with zero attached hydrogens (tertiary/aromatic N) is 1. The van der Waals surface area contributed by atoms with Crippen molar-refractivity contribution in [2.45, 2.75) is 45.1 Å². The Kier molecular flexibility index (Phi) is 2.18. The first-order valence-electron chi connectivity index (χ1n) is 5.42. The van der Waals surface area contributed by atoms with Gasteiger partial charge in [0.2, 0.25) is 0 Å². The molecule has 0 atom stereocenters. The first kappa shape index (κ1) is 9.78. The van der Waals surface area contributed by atoms with Crippen LogP contribution in [0, 0.1) is 13.8 Å². The zero-order valence-electron chi connectivity index (χ0n) is 9.43. The fourth-order valence-electron chi connectivity index (χ4n) is 2.13. The minimum Gasteiger partial charge on any atom is -0.354 e. The molecular weight excluding hydrogens is 172 g/mol. The molecule has 0 saturated heterocycles. The van der Waals surface area contributed by atoms with E-state index in [1.807, 2.05) is 0 Å². The largest absolute Gasteiger partial charge is 0.354 e. The van der Waals surface area contributed by atoms with Crippen LogP contribution in [0.4, 0.5) is 0 Å². The van der Waals surface area contributed by atoms with Crippen LogP contribution in [0.2, 0.25) is 0 Å². The Morgan fingerprint density at radius 1 is 1.43 bits per heavy atom. The fraction of sp³-hybridized carbons (Fsp3) is 0.667. The van der Waals surface area contributed by atoms with Gasteiger partial charge in [0.1, 0.15) is 0 Å². The molecule has 0 aliphatic heterocycles. The minimum atomic E-state index is 0.189. The summed E-state index contributed by atoms with van der Waals surface area (Å²) < 4.78 is 2.21. The van der Waals surface area contributed by atoms with E-state index in [2.05, 4.69) is 31.7 Å². The molecule has 0 amide bonds. The molecule has 2 heteroatoms. The van der Waals surface area contributed by atoms with Crippen molar-refractivity contribution in [3.8, 4) is 0 Å². The highest BCUT2D eigenvalue weighted by Crippen LogP contribution is 2.37. The Bertz CT molecular complexity index is 345. The first-order valence-corrected chi connectivity index (χ1v) is 5.42. The van der Waals surface area contributed by atoms with Gasteiger partial charge in [0.15, 0.2) is 0 Å². The summed E-state index contributed by atoms with van der Waals surface area (Å²) in [6.45, 7) is 4.39. The van der Waals surface area contributed by atoms with Crippen LogP contribution in [0.5, 0.6) is 0 Å². The molecule has 1 heterocycles. The van der Waals surface area contributed by atoms with Crippen LogP contribution in [-0.4, -0.2) is 10.1 Å². The summed E-state index contributed by atoms with van der Waals surface area (Å²) in [6.07, 6.45) is 6.95. The average molecular weight is 192 g/mol. The third-order valence-electron chi connectivity index (χ3n) is 3.59. The van der Waals surface area contributed by atoms with Crippen molar-refractivity contribution in [2.75, 3.05) is 0 Å². The van der Waals surface area contributed by atoms with Gasteiger partial charge in [-0.1, -0.05) is 0 Å². The molecule has 78 valence electrons. The number of hydrogen-bond acceptors (Lipinski definition) is 1. The smallest absolute Gasteiger partial charge is 0.0175 e. The maximum Gasteiger partial charge on any atom is 0.0175 e. The van der Waals surface area contributed by atoms with Gasteiger partial charge in [-0.05, 0) is 50.7 Å². The molecule has 2 nitrogen and oxygen atoms in total.